The van der Waals surface area contributed by atoms with E-state index < -0.39 is 11.8 Å². The Morgan fingerprint density at radius 3 is 1.62 bits per heavy atom. The Hall–Kier alpha value is -0.290. The molecule has 8 heavy (non-hydrogen) atoms. The predicted molar refractivity (Wildman–Crippen MR) is 20.7 cm³/mol. The van der Waals surface area contributed by atoms with Crippen LogP contribution < -0.4 is 10.9 Å². The van der Waals surface area contributed by atoms with Gasteiger partial charge < -0.3 is 0 Å². The molecule has 0 aliphatic carbocycles. The summed E-state index contributed by atoms with van der Waals surface area (Å²) in [6.07, 6.45) is -4.17. The molecule has 0 spiro atoms. The van der Waals surface area contributed by atoms with Crippen molar-refractivity contribution in [3.8, 4) is 0 Å². The molecule has 0 unspecified atom stereocenters. The number of hydrogen-bond donors (Lipinski definition) is 2. The lowest BCUT2D eigenvalue weighted by Crippen LogP contribution is -2.33. The zero-order valence-corrected chi connectivity index (χ0v) is 4.13. The van der Waals surface area contributed by atoms with Gasteiger partial charge in [-0.25, -0.2) is 10.9 Å². The van der Waals surface area contributed by atoms with Gasteiger partial charge in [-0.1, -0.05) is 0 Å². The Bertz CT molecular complexity index is 100. The molecule has 0 radical (unpaired) electrons. The summed E-state index contributed by atoms with van der Waals surface area (Å²) in [5, 5.41) is 0. The van der Waals surface area contributed by atoms with Crippen molar-refractivity contribution in [3.63, 3.8) is 0 Å². The Balaban J connectivity index is 2.58. The van der Waals surface area contributed by atoms with Crippen LogP contribution in [0.5, 0.6) is 0 Å². The molecule has 1 aliphatic heterocycles. The van der Waals surface area contributed by atoms with E-state index in [-0.39, 0.29) is 0 Å². The summed E-state index contributed by atoms with van der Waals surface area (Å²) < 4.78 is 34.5. The van der Waals surface area contributed by atoms with Crippen molar-refractivity contribution in [1.29, 1.82) is 0 Å². The SMILES string of the molecule is CC1(C(F)(F)F)NN1. The quantitative estimate of drug-likeness (QED) is 0.460. The molecule has 48 valence electrons. The second kappa shape index (κ2) is 1.16. The first-order chi connectivity index (χ1) is 3.46. The van der Waals surface area contributed by atoms with Crippen molar-refractivity contribution in [2.45, 2.75) is 18.8 Å². The third kappa shape index (κ3) is 0.674. The zero-order chi connectivity index (χ0) is 6.41. The van der Waals surface area contributed by atoms with Gasteiger partial charge in [0.1, 0.15) is 0 Å². The standard InChI is InChI=1S/C3H5F3N2/c1-2(7-8-2)3(4,5)6/h7-8H,1H3. The third-order valence-corrected chi connectivity index (χ3v) is 1.07. The molecule has 1 fully saturated rings. The van der Waals surface area contributed by atoms with Gasteiger partial charge in [-0.2, -0.15) is 13.2 Å². The lowest BCUT2D eigenvalue weighted by molar-refractivity contribution is -0.158. The van der Waals surface area contributed by atoms with Crippen LogP contribution in [-0.2, 0) is 0 Å². The van der Waals surface area contributed by atoms with Gasteiger partial charge in [-0.15, -0.1) is 0 Å². The van der Waals surface area contributed by atoms with Gasteiger partial charge in [0, 0.05) is 0 Å². The fraction of sp³-hybridized carbons (Fsp3) is 1.00. The van der Waals surface area contributed by atoms with E-state index in [4.69, 9.17) is 0 Å². The molecule has 0 aromatic rings. The van der Waals surface area contributed by atoms with E-state index in [1.165, 1.54) is 0 Å². The number of nitrogens with one attached hydrogen (secondary N) is 2. The first kappa shape index (κ1) is 5.84. The summed E-state index contributed by atoms with van der Waals surface area (Å²) in [5.74, 6) is 0. The van der Waals surface area contributed by atoms with E-state index in [1.54, 1.807) is 0 Å². The minimum Gasteiger partial charge on any atom is -0.227 e. The van der Waals surface area contributed by atoms with Crippen molar-refractivity contribution in [2.24, 2.45) is 0 Å². The molecule has 1 rings (SSSR count). The maximum absolute atomic E-state index is 11.5. The molecular weight excluding hydrogens is 121 g/mol. The number of hydrogen-bond acceptors (Lipinski definition) is 2. The molecule has 1 saturated heterocycles. The van der Waals surface area contributed by atoms with Crippen molar-refractivity contribution in [1.82, 2.24) is 10.9 Å². The second-order valence-corrected chi connectivity index (χ2v) is 1.87. The zero-order valence-electron chi connectivity index (χ0n) is 4.13. The van der Waals surface area contributed by atoms with Gasteiger partial charge in [-0.3, -0.25) is 0 Å². The van der Waals surface area contributed by atoms with Gasteiger partial charge in [-0.05, 0) is 6.92 Å². The van der Waals surface area contributed by atoms with Gasteiger partial charge in [0.05, 0.1) is 0 Å². The first-order valence-corrected chi connectivity index (χ1v) is 2.07. The van der Waals surface area contributed by atoms with E-state index in [2.05, 4.69) is 0 Å². The molecule has 5 heteroatoms. The highest BCUT2D eigenvalue weighted by molar-refractivity contribution is 4.96. The van der Waals surface area contributed by atoms with Crippen molar-refractivity contribution >= 4 is 0 Å². The van der Waals surface area contributed by atoms with Crippen LogP contribution in [0.2, 0.25) is 0 Å². The number of rotatable bonds is 0. The van der Waals surface area contributed by atoms with E-state index in [9.17, 15) is 13.2 Å². The van der Waals surface area contributed by atoms with Crippen LogP contribution in [0.3, 0.4) is 0 Å². The van der Waals surface area contributed by atoms with Crippen LogP contribution in [0, 0.1) is 0 Å². The summed E-state index contributed by atoms with van der Waals surface area (Å²) in [5.41, 5.74) is 2.14. The van der Waals surface area contributed by atoms with Gasteiger partial charge in [0.15, 0.2) is 5.66 Å². The molecule has 0 amide bonds. The molecule has 1 heterocycles. The van der Waals surface area contributed by atoms with Gasteiger partial charge in [0.2, 0.25) is 0 Å². The number of halogens is 3. The highest BCUT2D eigenvalue weighted by Gasteiger charge is 2.60. The monoisotopic (exact) mass is 126 g/mol. The molecule has 0 bridgehead atoms. The first-order valence-electron chi connectivity index (χ1n) is 2.07. The molecule has 0 atom stereocenters. The molecular formula is C3H5F3N2. The summed E-state index contributed by atoms with van der Waals surface area (Å²) in [7, 11) is 0. The third-order valence-electron chi connectivity index (χ3n) is 1.07. The van der Waals surface area contributed by atoms with Crippen molar-refractivity contribution in [2.75, 3.05) is 0 Å². The van der Waals surface area contributed by atoms with Gasteiger partial charge in [0.25, 0.3) is 0 Å². The van der Waals surface area contributed by atoms with Gasteiger partial charge >= 0.3 is 6.18 Å². The van der Waals surface area contributed by atoms with Crippen molar-refractivity contribution < 1.29 is 13.2 Å². The lowest BCUT2D eigenvalue weighted by atomic mass is 10.3. The lowest BCUT2D eigenvalue weighted by Gasteiger charge is -2.08. The van der Waals surface area contributed by atoms with Crippen molar-refractivity contribution in [3.05, 3.63) is 0 Å². The normalized spacial score (nSPS) is 25.5. The fourth-order valence-electron chi connectivity index (χ4n) is 0.235. The van der Waals surface area contributed by atoms with Crippen LogP contribution in [0.15, 0.2) is 0 Å². The maximum Gasteiger partial charge on any atom is 0.422 e. The average molecular weight is 126 g/mol. The van der Waals surface area contributed by atoms with E-state index in [0.717, 1.165) is 6.92 Å². The second-order valence-electron chi connectivity index (χ2n) is 1.87. The summed E-state index contributed by atoms with van der Waals surface area (Å²) in [6, 6.07) is 0. The van der Waals surface area contributed by atoms with Crippen LogP contribution in [-0.4, -0.2) is 11.8 Å². The van der Waals surface area contributed by atoms with Crippen LogP contribution in [0.25, 0.3) is 0 Å². The Labute approximate surface area is 44.0 Å². The van der Waals surface area contributed by atoms with E-state index in [0.29, 0.717) is 0 Å². The average Bonchev–Trinajstić information content (AvgIpc) is 2.16. The summed E-state index contributed by atoms with van der Waals surface area (Å²) in [6.45, 7) is 1.03. The highest BCUT2D eigenvalue weighted by Crippen LogP contribution is 2.32. The van der Waals surface area contributed by atoms with Crippen LogP contribution >= 0.6 is 0 Å². The molecule has 1 aliphatic rings. The topological polar surface area (TPSA) is 43.9 Å². The minimum absolute atomic E-state index is 1.03. The Morgan fingerprint density at radius 1 is 1.25 bits per heavy atom. The van der Waals surface area contributed by atoms with E-state index >= 15 is 0 Å². The molecule has 0 aromatic carbocycles. The molecule has 2 N–H and O–H groups in total. The van der Waals surface area contributed by atoms with Crippen LogP contribution in [0.1, 0.15) is 6.92 Å². The summed E-state index contributed by atoms with van der Waals surface area (Å²) >= 11 is 0. The molecule has 0 saturated carbocycles. The minimum atomic E-state index is -4.17. The number of alkyl halides is 3. The van der Waals surface area contributed by atoms with E-state index in [1.807, 2.05) is 10.9 Å². The van der Waals surface area contributed by atoms with Crippen LogP contribution in [0.4, 0.5) is 13.2 Å². The predicted octanol–water partition coefficient (Wildman–Crippen LogP) is 0.373. The Morgan fingerprint density at radius 2 is 1.62 bits per heavy atom. The largest absolute Gasteiger partial charge is 0.422 e. The molecule has 0 aromatic heterocycles. The maximum atomic E-state index is 11.5. The molecule has 2 nitrogen and oxygen atoms in total. The number of hydrazine groups is 1. The summed E-state index contributed by atoms with van der Waals surface area (Å²) in [4.78, 5) is 0. The Kier molecular flexibility index (Phi) is 0.850. The smallest absolute Gasteiger partial charge is 0.227 e. The fourth-order valence-corrected chi connectivity index (χ4v) is 0.235. The highest BCUT2D eigenvalue weighted by atomic mass is 19.4.